The van der Waals surface area contributed by atoms with Crippen LogP contribution in [0.3, 0.4) is 0 Å². The van der Waals surface area contributed by atoms with Crippen molar-refractivity contribution in [2.45, 2.75) is 64.8 Å². The number of aromatic nitrogens is 4. The zero-order chi connectivity index (χ0) is 24.3. The SMILES string of the molecule is CC[C@@H](CCNc1nc(NCCOC)nc(C)c1-c1nc2c(C3CC3)nccc2s1)C(C)(C)N. The Kier molecular flexibility index (Phi) is 7.64. The highest BCUT2D eigenvalue weighted by Crippen LogP contribution is 2.44. The number of fused-ring (bicyclic) bond motifs is 1. The highest BCUT2D eigenvalue weighted by Gasteiger charge is 2.29. The van der Waals surface area contributed by atoms with E-state index in [9.17, 15) is 0 Å². The van der Waals surface area contributed by atoms with E-state index < -0.39 is 0 Å². The number of methoxy groups -OCH3 is 1. The van der Waals surface area contributed by atoms with Gasteiger partial charge in [0, 0.05) is 37.9 Å². The zero-order valence-corrected chi connectivity index (χ0v) is 21.8. The number of pyridine rings is 1. The van der Waals surface area contributed by atoms with E-state index in [0.717, 1.165) is 57.4 Å². The van der Waals surface area contributed by atoms with Crippen molar-refractivity contribution in [3.05, 3.63) is 23.7 Å². The van der Waals surface area contributed by atoms with Crippen LogP contribution in [-0.2, 0) is 4.74 Å². The number of nitrogens with one attached hydrogen (secondary N) is 2. The summed E-state index contributed by atoms with van der Waals surface area (Å²) >= 11 is 1.68. The van der Waals surface area contributed by atoms with Crippen molar-refractivity contribution in [3.63, 3.8) is 0 Å². The van der Waals surface area contributed by atoms with Crippen LogP contribution >= 0.6 is 11.3 Å². The smallest absolute Gasteiger partial charge is 0.224 e. The summed E-state index contributed by atoms with van der Waals surface area (Å²) in [5.74, 6) is 2.36. The molecule has 0 bridgehead atoms. The lowest BCUT2D eigenvalue weighted by Gasteiger charge is -2.30. The molecule has 4 N–H and O–H groups in total. The lowest BCUT2D eigenvalue weighted by Crippen LogP contribution is -2.41. The first-order chi connectivity index (χ1) is 16.3. The molecular formula is C25H37N7OS. The first-order valence-electron chi connectivity index (χ1n) is 12.2. The zero-order valence-electron chi connectivity index (χ0n) is 20.9. The van der Waals surface area contributed by atoms with Gasteiger partial charge in [0.15, 0.2) is 0 Å². The fourth-order valence-corrected chi connectivity index (χ4v) is 5.47. The van der Waals surface area contributed by atoms with Crippen molar-refractivity contribution in [2.24, 2.45) is 11.7 Å². The molecule has 0 unspecified atom stereocenters. The quantitative estimate of drug-likeness (QED) is 0.310. The molecule has 9 heteroatoms. The summed E-state index contributed by atoms with van der Waals surface area (Å²) in [6, 6.07) is 2.06. The molecule has 184 valence electrons. The number of nitrogens with two attached hydrogens (primary N) is 1. The summed E-state index contributed by atoms with van der Waals surface area (Å²) in [7, 11) is 1.69. The Morgan fingerprint density at radius 2 is 2.00 bits per heavy atom. The average Bonchev–Trinajstić information content (AvgIpc) is 3.54. The number of nitrogens with zero attached hydrogens (tertiary/aromatic N) is 4. The van der Waals surface area contributed by atoms with Crippen molar-refractivity contribution in [1.29, 1.82) is 0 Å². The number of ether oxygens (including phenoxy) is 1. The molecule has 0 amide bonds. The van der Waals surface area contributed by atoms with E-state index in [1.807, 2.05) is 13.1 Å². The molecule has 3 aromatic heterocycles. The number of thiazole rings is 1. The normalized spacial score (nSPS) is 15.0. The van der Waals surface area contributed by atoms with Crippen molar-refractivity contribution in [2.75, 3.05) is 37.4 Å². The van der Waals surface area contributed by atoms with E-state index in [1.165, 1.54) is 12.8 Å². The molecule has 3 aromatic rings. The fraction of sp³-hybridized carbons (Fsp3) is 0.600. The summed E-state index contributed by atoms with van der Waals surface area (Å²) in [6.45, 7) is 10.4. The van der Waals surface area contributed by atoms with Crippen LogP contribution < -0.4 is 16.4 Å². The monoisotopic (exact) mass is 483 g/mol. The Bertz CT molecular complexity index is 1120. The number of anilines is 2. The minimum absolute atomic E-state index is 0.215. The maximum Gasteiger partial charge on any atom is 0.224 e. The molecule has 0 saturated heterocycles. The third-order valence-corrected chi connectivity index (χ3v) is 7.56. The van der Waals surface area contributed by atoms with Gasteiger partial charge < -0.3 is 21.1 Å². The van der Waals surface area contributed by atoms with Gasteiger partial charge >= 0.3 is 0 Å². The standard InChI is InChI=1S/C25H37N7OS/c1-6-17(25(3,4)26)9-11-28-22-19(15(2)30-24(32-22)29-13-14-33-5)23-31-21-18(34-23)10-12-27-20(21)16-7-8-16/h10,12,16-17H,6-9,11,13-14,26H2,1-5H3,(H2,28,29,30,32)/t17-/m0/s1. The first kappa shape index (κ1) is 24.8. The molecule has 1 aliphatic rings. The molecule has 3 heterocycles. The Morgan fingerprint density at radius 3 is 2.68 bits per heavy atom. The molecule has 0 aliphatic heterocycles. The first-order valence-corrected chi connectivity index (χ1v) is 13.0. The highest BCUT2D eigenvalue weighted by atomic mass is 32.1. The Hall–Kier alpha value is -2.36. The van der Waals surface area contributed by atoms with E-state index >= 15 is 0 Å². The largest absolute Gasteiger partial charge is 0.383 e. The molecule has 1 atom stereocenters. The lowest BCUT2D eigenvalue weighted by atomic mass is 9.84. The molecule has 0 aromatic carbocycles. The number of aryl methyl sites for hydroxylation is 1. The Morgan fingerprint density at radius 1 is 1.21 bits per heavy atom. The predicted molar refractivity (Wildman–Crippen MR) is 141 cm³/mol. The van der Waals surface area contributed by atoms with Crippen LogP contribution in [0.15, 0.2) is 12.3 Å². The van der Waals surface area contributed by atoms with E-state index in [0.29, 0.717) is 30.9 Å². The fourth-order valence-electron chi connectivity index (χ4n) is 4.41. The highest BCUT2D eigenvalue weighted by molar-refractivity contribution is 7.21. The van der Waals surface area contributed by atoms with Crippen LogP contribution in [-0.4, -0.2) is 52.3 Å². The molecule has 4 rings (SSSR count). The van der Waals surface area contributed by atoms with Crippen LogP contribution in [0.4, 0.5) is 11.8 Å². The van der Waals surface area contributed by atoms with Gasteiger partial charge in [-0.1, -0.05) is 13.3 Å². The molecular weight excluding hydrogens is 446 g/mol. The molecule has 8 nitrogen and oxygen atoms in total. The maximum absolute atomic E-state index is 6.40. The van der Waals surface area contributed by atoms with Gasteiger partial charge in [0.2, 0.25) is 5.95 Å². The summed E-state index contributed by atoms with van der Waals surface area (Å²) in [5, 5.41) is 7.78. The van der Waals surface area contributed by atoms with Gasteiger partial charge in [0.1, 0.15) is 16.3 Å². The second kappa shape index (κ2) is 10.5. The second-order valence-electron chi connectivity index (χ2n) is 9.75. The van der Waals surface area contributed by atoms with Gasteiger partial charge in [0.25, 0.3) is 0 Å². The van der Waals surface area contributed by atoms with Crippen LogP contribution in [0.2, 0.25) is 0 Å². The molecule has 1 aliphatic carbocycles. The van der Waals surface area contributed by atoms with Crippen LogP contribution in [0, 0.1) is 12.8 Å². The van der Waals surface area contributed by atoms with E-state index in [2.05, 4.69) is 42.5 Å². The molecule has 0 radical (unpaired) electrons. The molecule has 1 fully saturated rings. The number of rotatable bonds is 12. The van der Waals surface area contributed by atoms with Gasteiger partial charge in [-0.2, -0.15) is 4.98 Å². The maximum atomic E-state index is 6.40. The molecule has 1 saturated carbocycles. The van der Waals surface area contributed by atoms with Gasteiger partial charge in [-0.25, -0.2) is 9.97 Å². The van der Waals surface area contributed by atoms with E-state index in [1.54, 1.807) is 18.4 Å². The van der Waals surface area contributed by atoms with Crippen LogP contribution in [0.1, 0.15) is 63.8 Å². The van der Waals surface area contributed by atoms with Crippen molar-refractivity contribution < 1.29 is 4.74 Å². The van der Waals surface area contributed by atoms with Crippen LogP contribution in [0.25, 0.3) is 20.8 Å². The van der Waals surface area contributed by atoms with Crippen molar-refractivity contribution in [3.8, 4) is 10.6 Å². The lowest BCUT2D eigenvalue weighted by molar-refractivity contribution is 0.210. The Labute approximate surface area is 206 Å². The minimum atomic E-state index is -0.215. The minimum Gasteiger partial charge on any atom is -0.383 e. The third kappa shape index (κ3) is 5.64. The summed E-state index contributed by atoms with van der Waals surface area (Å²) < 4.78 is 6.32. The molecule has 34 heavy (non-hydrogen) atoms. The average molecular weight is 484 g/mol. The Balaban J connectivity index is 1.66. The van der Waals surface area contributed by atoms with Gasteiger partial charge in [0.05, 0.1) is 28.3 Å². The summed E-state index contributed by atoms with van der Waals surface area (Å²) in [6.07, 6.45) is 6.31. The van der Waals surface area contributed by atoms with Crippen molar-refractivity contribution >= 4 is 33.3 Å². The third-order valence-electron chi connectivity index (χ3n) is 6.52. The van der Waals surface area contributed by atoms with E-state index in [-0.39, 0.29) is 5.54 Å². The number of hydrogen-bond acceptors (Lipinski definition) is 9. The van der Waals surface area contributed by atoms with Gasteiger partial charge in [-0.05, 0) is 52.0 Å². The summed E-state index contributed by atoms with van der Waals surface area (Å²) in [4.78, 5) is 19.3. The predicted octanol–water partition coefficient (Wildman–Crippen LogP) is 4.96. The number of hydrogen-bond donors (Lipinski definition) is 3. The molecule has 0 spiro atoms. The second-order valence-corrected chi connectivity index (χ2v) is 10.8. The topological polar surface area (TPSA) is 111 Å². The van der Waals surface area contributed by atoms with Gasteiger partial charge in [-0.15, -0.1) is 11.3 Å². The van der Waals surface area contributed by atoms with Gasteiger partial charge in [-0.3, -0.25) is 4.98 Å². The summed E-state index contributed by atoms with van der Waals surface area (Å²) in [5.41, 5.74) is 10.2. The van der Waals surface area contributed by atoms with Crippen molar-refractivity contribution in [1.82, 2.24) is 19.9 Å². The van der Waals surface area contributed by atoms with Crippen LogP contribution in [0.5, 0.6) is 0 Å². The van der Waals surface area contributed by atoms with E-state index in [4.69, 9.17) is 25.4 Å².